The molecule has 0 N–H and O–H groups in total. The molecular formula is C28H29FN2O3. The Morgan fingerprint density at radius 2 is 1.74 bits per heavy atom. The largest absolute Gasteiger partial charge is 0.491 e. The Hall–Kier alpha value is -3.67. The first kappa shape index (κ1) is 23.5. The standard InChI is InChI=1S/C28H29FN2O3/c1-19(2)27(32)31(25-11-4-20(3)5-12-25)17-21-6-13-26-23(16-21)18-30(14-15-34-26)28(33)22-7-9-24(29)10-8-22/h4-13,16,19H,14-15,17-18H2,1-3H3. The van der Waals surface area contributed by atoms with Crippen molar-refractivity contribution in [3.05, 3.63) is 94.8 Å². The Kier molecular flexibility index (Phi) is 6.96. The van der Waals surface area contributed by atoms with Gasteiger partial charge < -0.3 is 14.5 Å². The van der Waals surface area contributed by atoms with Gasteiger partial charge in [-0.3, -0.25) is 9.59 Å². The summed E-state index contributed by atoms with van der Waals surface area (Å²) in [6, 6.07) is 19.4. The third-order valence-electron chi connectivity index (χ3n) is 5.93. The van der Waals surface area contributed by atoms with Gasteiger partial charge in [0.2, 0.25) is 5.91 Å². The van der Waals surface area contributed by atoms with E-state index in [-0.39, 0.29) is 23.5 Å². The lowest BCUT2D eigenvalue weighted by Crippen LogP contribution is -2.34. The number of hydrogen-bond donors (Lipinski definition) is 0. The zero-order valence-corrected chi connectivity index (χ0v) is 19.8. The van der Waals surface area contributed by atoms with Gasteiger partial charge in [0, 0.05) is 29.3 Å². The van der Waals surface area contributed by atoms with Gasteiger partial charge in [-0.05, 0) is 61.0 Å². The second-order valence-corrected chi connectivity index (χ2v) is 8.94. The van der Waals surface area contributed by atoms with Gasteiger partial charge in [-0.1, -0.05) is 37.6 Å². The minimum Gasteiger partial charge on any atom is -0.491 e. The topological polar surface area (TPSA) is 49.9 Å². The highest BCUT2D eigenvalue weighted by atomic mass is 19.1. The summed E-state index contributed by atoms with van der Waals surface area (Å²) in [6.45, 7) is 7.41. The average Bonchev–Trinajstić information content (AvgIpc) is 3.05. The van der Waals surface area contributed by atoms with E-state index in [0.717, 1.165) is 28.1 Å². The molecule has 0 bridgehead atoms. The van der Waals surface area contributed by atoms with E-state index in [1.54, 1.807) is 9.80 Å². The fourth-order valence-corrected chi connectivity index (χ4v) is 4.01. The van der Waals surface area contributed by atoms with Crippen molar-refractivity contribution in [2.24, 2.45) is 5.92 Å². The normalized spacial score (nSPS) is 13.1. The maximum Gasteiger partial charge on any atom is 0.254 e. The van der Waals surface area contributed by atoms with Crippen LogP contribution in [0.4, 0.5) is 10.1 Å². The molecule has 0 unspecified atom stereocenters. The van der Waals surface area contributed by atoms with E-state index in [2.05, 4.69) is 0 Å². The number of anilines is 1. The summed E-state index contributed by atoms with van der Waals surface area (Å²) in [4.78, 5) is 29.5. The fourth-order valence-electron chi connectivity index (χ4n) is 4.01. The number of aryl methyl sites for hydroxylation is 1. The third kappa shape index (κ3) is 5.28. The summed E-state index contributed by atoms with van der Waals surface area (Å²) in [5.74, 6) is 0.0885. The van der Waals surface area contributed by atoms with Crippen LogP contribution in [-0.4, -0.2) is 29.9 Å². The molecule has 176 valence electrons. The Labute approximate surface area is 199 Å². The van der Waals surface area contributed by atoms with E-state index in [1.807, 2.05) is 63.2 Å². The van der Waals surface area contributed by atoms with Crippen molar-refractivity contribution in [3.8, 4) is 5.75 Å². The molecule has 1 heterocycles. The Balaban J connectivity index is 1.59. The van der Waals surface area contributed by atoms with Crippen LogP contribution in [0.2, 0.25) is 0 Å². The predicted molar refractivity (Wildman–Crippen MR) is 130 cm³/mol. The summed E-state index contributed by atoms with van der Waals surface area (Å²) >= 11 is 0. The van der Waals surface area contributed by atoms with Crippen LogP contribution < -0.4 is 9.64 Å². The van der Waals surface area contributed by atoms with E-state index >= 15 is 0 Å². The maximum absolute atomic E-state index is 13.3. The highest BCUT2D eigenvalue weighted by Gasteiger charge is 2.23. The van der Waals surface area contributed by atoms with Gasteiger partial charge in [-0.2, -0.15) is 0 Å². The molecule has 0 aromatic heterocycles. The third-order valence-corrected chi connectivity index (χ3v) is 5.93. The van der Waals surface area contributed by atoms with E-state index in [9.17, 15) is 14.0 Å². The van der Waals surface area contributed by atoms with Crippen LogP contribution in [0, 0.1) is 18.7 Å². The van der Waals surface area contributed by atoms with Gasteiger partial charge in [-0.15, -0.1) is 0 Å². The van der Waals surface area contributed by atoms with Crippen LogP contribution in [0.1, 0.15) is 40.9 Å². The van der Waals surface area contributed by atoms with Crippen LogP contribution in [0.3, 0.4) is 0 Å². The smallest absolute Gasteiger partial charge is 0.254 e. The van der Waals surface area contributed by atoms with Crippen LogP contribution in [0.5, 0.6) is 5.75 Å². The van der Waals surface area contributed by atoms with E-state index < -0.39 is 0 Å². The van der Waals surface area contributed by atoms with Crippen molar-refractivity contribution in [1.82, 2.24) is 4.90 Å². The predicted octanol–water partition coefficient (Wildman–Crippen LogP) is 5.36. The molecule has 0 aliphatic carbocycles. The molecule has 0 fully saturated rings. The van der Waals surface area contributed by atoms with Crippen LogP contribution in [0.15, 0.2) is 66.7 Å². The Morgan fingerprint density at radius 3 is 2.41 bits per heavy atom. The van der Waals surface area contributed by atoms with Gasteiger partial charge in [0.1, 0.15) is 18.2 Å². The van der Waals surface area contributed by atoms with Gasteiger partial charge in [0.15, 0.2) is 0 Å². The molecule has 0 radical (unpaired) electrons. The van der Waals surface area contributed by atoms with Crippen molar-refractivity contribution in [2.45, 2.75) is 33.9 Å². The highest BCUT2D eigenvalue weighted by Crippen LogP contribution is 2.27. The van der Waals surface area contributed by atoms with Crippen LogP contribution in [-0.2, 0) is 17.9 Å². The van der Waals surface area contributed by atoms with Gasteiger partial charge in [-0.25, -0.2) is 4.39 Å². The molecule has 0 saturated heterocycles. The minimum atomic E-state index is -0.375. The number of rotatable bonds is 5. The number of hydrogen-bond acceptors (Lipinski definition) is 3. The first-order valence-corrected chi connectivity index (χ1v) is 11.5. The van der Waals surface area contributed by atoms with Crippen LogP contribution >= 0.6 is 0 Å². The summed E-state index contributed by atoms with van der Waals surface area (Å²) < 4.78 is 19.2. The molecule has 3 aromatic rings. The summed E-state index contributed by atoms with van der Waals surface area (Å²) in [5.41, 5.74) is 4.26. The van der Waals surface area contributed by atoms with Crippen molar-refractivity contribution in [2.75, 3.05) is 18.1 Å². The fraction of sp³-hybridized carbons (Fsp3) is 0.286. The molecule has 4 rings (SSSR count). The number of fused-ring (bicyclic) bond motifs is 1. The van der Waals surface area contributed by atoms with Crippen molar-refractivity contribution in [3.63, 3.8) is 0 Å². The van der Waals surface area contributed by atoms with Crippen LogP contribution in [0.25, 0.3) is 0 Å². The van der Waals surface area contributed by atoms with Crippen molar-refractivity contribution in [1.29, 1.82) is 0 Å². The monoisotopic (exact) mass is 460 g/mol. The molecule has 0 spiro atoms. The quantitative estimate of drug-likeness (QED) is 0.515. The number of halogens is 1. The first-order valence-electron chi connectivity index (χ1n) is 11.5. The first-order chi connectivity index (χ1) is 16.3. The number of nitrogens with zero attached hydrogens (tertiary/aromatic N) is 2. The lowest BCUT2D eigenvalue weighted by molar-refractivity contribution is -0.121. The maximum atomic E-state index is 13.3. The second kappa shape index (κ2) is 10.1. The molecule has 1 aliphatic rings. The van der Waals surface area contributed by atoms with Gasteiger partial charge in [0.25, 0.3) is 5.91 Å². The van der Waals surface area contributed by atoms with E-state index in [0.29, 0.717) is 31.8 Å². The van der Waals surface area contributed by atoms with E-state index in [1.165, 1.54) is 24.3 Å². The van der Waals surface area contributed by atoms with Gasteiger partial charge >= 0.3 is 0 Å². The summed E-state index contributed by atoms with van der Waals surface area (Å²) in [7, 11) is 0. The van der Waals surface area contributed by atoms with Gasteiger partial charge in [0.05, 0.1) is 13.1 Å². The number of carbonyl (C=O) groups excluding carboxylic acids is 2. The highest BCUT2D eigenvalue weighted by molar-refractivity contribution is 5.95. The number of benzene rings is 3. The Bertz CT molecular complexity index is 1170. The summed E-state index contributed by atoms with van der Waals surface area (Å²) in [6.07, 6.45) is 0. The molecule has 0 saturated carbocycles. The van der Waals surface area contributed by atoms with Crippen molar-refractivity contribution < 1.29 is 18.7 Å². The molecule has 3 aromatic carbocycles. The Morgan fingerprint density at radius 1 is 1.03 bits per heavy atom. The molecule has 0 atom stereocenters. The zero-order valence-electron chi connectivity index (χ0n) is 19.8. The summed E-state index contributed by atoms with van der Waals surface area (Å²) in [5, 5.41) is 0. The molecule has 1 aliphatic heterocycles. The SMILES string of the molecule is Cc1ccc(N(Cc2ccc3c(c2)CN(C(=O)c2ccc(F)cc2)CCO3)C(=O)C(C)C)cc1. The molecule has 5 nitrogen and oxygen atoms in total. The average molecular weight is 461 g/mol. The zero-order chi connectivity index (χ0) is 24.2. The minimum absolute atomic E-state index is 0.0446. The molecular weight excluding hydrogens is 431 g/mol. The van der Waals surface area contributed by atoms with Crippen molar-refractivity contribution >= 4 is 17.5 Å². The lowest BCUT2D eigenvalue weighted by atomic mass is 10.1. The number of ether oxygens (including phenoxy) is 1. The second-order valence-electron chi connectivity index (χ2n) is 8.94. The number of carbonyl (C=O) groups is 2. The molecule has 34 heavy (non-hydrogen) atoms. The van der Waals surface area contributed by atoms with E-state index in [4.69, 9.17) is 4.74 Å². The molecule has 2 amide bonds. The molecule has 6 heteroatoms. The lowest BCUT2D eigenvalue weighted by Gasteiger charge is -2.26. The number of amides is 2.